The van der Waals surface area contributed by atoms with Crippen LogP contribution >= 0.6 is 0 Å². The number of rotatable bonds is 4. The highest BCUT2D eigenvalue weighted by Crippen LogP contribution is 2.22. The third-order valence-corrected chi connectivity index (χ3v) is 3.86. The van der Waals surface area contributed by atoms with Gasteiger partial charge in [-0.05, 0) is 12.1 Å². The first-order valence-electron chi connectivity index (χ1n) is 7.18. The molecule has 2 heterocycles. The second-order valence-electron chi connectivity index (χ2n) is 5.51. The Kier molecular flexibility index (Phi) is 3.91. The number of benzene rings is 1. The second kappa shape index (κ2) is 5.86. The summed E-state index contributed by atoms with van der Waals surface area (Å²) < 4.78 is 0. The van der Waals surface area contributed by atoms with Gasteiger partial charge in [-0.1, -0.05) is 12.1 Å². The van der Waals surface area contributed by atoms with Gasteiger partial charge in [0.2, 0.25) is 5.91 Å². The SMILES string of the molecule is O=C1CN(C[C@@H](O)CN2C(=O)c3ccccc3C2=O)CCN1. The molecule has 0 saturated carbocycles. The summed E-state index contributed by atoms with van der Waals surface area (Å²) in [4.78, 5) is 38.6. The van der Waals surface area contributed by atoms with Crippen molar-refractivity contribution < 1.29 is 19.5 Å². The summed E-state index contributed by atoms with van der Waals surface area (Å²) in [5.74, 6) is -0.841. The Labute approximate surface area is 127 Å². The van der Waals surface area contributed by atoms with Crippen molar-refractivity contribution in [1.29, 1.82) is 0 Å². The van der Waals surface area contributed by atoms with Gasteiger partial charge in [-0.3, -0.25) is 24.2 Å². The van der Waals surface area contributed by atoms with Crippen molar-refractivity contribution in [3.05, 3.63) is 35.4 Å². The number of piperazine rings is 1. The molecule has 7 nitrogen and oxygen atoms in total. The van der Waals surface area contributed by atoms with E-state index in [9.17, 15) is 19.5 Å². The van der Waals surface area contributed by atoms with E-state index in [1.54, 1.807) is 24.3 Å². The molecule has 0 unspecified atom stereocenters. The van der Waals surface area contributed by atoms with Gasteiger partial charge in [0, 0.05) is 19.6 Å². The standard InChI is InChI=1S/C15H17N3O4/c19-10(7-17-6-5-16-13(20)9-17)8-18-14(21)11-3-1-2-4-12(11)15(18)22/h1-4,10,19H,5-9H2,(H,16,20)/t10-/m1/s1. The van der Waals surface area contributed by atoms with Crippen LogP contribution in [0.1, 0.15) is 20.7 Å². The zero-order valence-corrected chi connectivity index (χ0v) is 12.0. The number of hydrogen-bond donors (Lipinski definition) is 2. The molecule has 0 aliphatic carbocycles. The molecule has 1 atom stereocenters. The van der Waals surface area contributed by atoms with Gasteiger partial charge in [-0.2, -0.15) is 0 Å². The van der Waals surface area contributed by atoms with Gasteiger partial charge >= 0.3 is 0 Å². The van der Waals surface area contributed by atoms with Gasteiger partial charge in [-0.25, -0.2) is 0 Å². The fraction of sp³-hybridized carbons (Fsp3) is 0.400. The third-order valence-electron chi connectivity index (χ3n) is 3.86. The number of nitrogens with one attached hydrogen (secondary N) is 1. The summed E-state index contributed by atoms with van der Waals surface area (Å²) in [6.45, 7) is 1.59. The number of aliphatic hydroxyl groups excluding tert-OH is 1. The highest BCUT2D eigenvalue weighted by molar-refractivity contribution is 6.21. The van der Waals surface area contributed by atoms with E-state index in [0.29, 0.717) is 24.2 Å². The molecule has 0 radical (unpaired) electrons. The smallest absolute Gasteiger partial charge is 0.261 e. The molecule has 1 saturated heterocycles. The number of amides is 3. The minimum Gasteiger partial charge on any atom is -0.390 e. The summed E-state index contributed by atoms with van der Waals surface area (Å²) in [7, 11) is 0. The molecule has 22 heavy (non-hydrogen) atoms. The second-order valence-corrected chi connectivity index (χ2v) is 5.51. The van der Waals surface area contributed by atoms with E-state index in [1.165, 1.54) is 0 Å². The molecule has 0 bridgehead atoms. The number of nitrogens with zero attached hydrogens (tertiary/aromatic N) is 2. The lowest BCUT2D eigenvalue weighted by Crippen LogP contribution is -2.51. The van der Waals surface area contributed by atoms with Crippen LogP contribution in [-0.4, -0.2) is 71.5 Å². The zero-order valence-electron chi connectivity index (χ0n) is 12.0. The highest BCUT2D eigenvalue weighted by Gasteiger charge is 2.36. The predicted molar refractivity (Wildman–Crippen MR) is 77.3 cm³/mol. The van der Waals surface area contributed by atoms with Gasteiger partial charge in [0.1, 0.15) is 0 Å². The normalized spacial score (nSPS) is 20.0. The lowest BCUT2D eigenvalue weighted by Gasteiger charge is -2.29. The van der Waals surface area contributed by atoms with Crippen molar-refractivity contribution in [3.63, 3.8) is 0 Å². The maximum atomic E-state index is 12.2. The molecular formula is C15H17N3O4. The van der Waals surface area contributed by atoms with Crippen LogP contribution in [0.3, 0.4) is 0 Å². The Bertz CT molecular complexity index is 596. The largest absolute Gasteiger partial charge is 0.390 e. The molecule has 0 spiro atoms. The van der Waals surface area contributed by atoms with Gasteiger partial charge in [0.05, 0.1) is 30.3 Å². The number of β-amino-alcohol motifs (C(OH)–C–C–N with tert-alkyl or cyclic N) is 1. The molecule has 2 aliphatic rings. The molecule has 2 aliphatic heterocycles. The van der Waals surface area contributed by atoms with Crippen LogP contribution in [0.4, 0.5) is 0 Å². The van der Waals surface area contributed by atoms with E-state index in [1.807, 2.05) is 4.90 Å². The lowest BCUT2D eigenvalue weighted by molar-refractivity contribution is -0.124. The molecule has 2 N–H and O–H groups in total. The van der Waals surface area contributed by atoms with E-state index < -0.39 is 6.10 Å². The minimum absolute atomic E-state index is 0.0650. The molecule has 0 aromatic heterocycles. The maximum Gasteiger partial charge on any atom is 0.261 e. The Hall–Kier alpha value is -2.25. The van der Waals surface area contributed by atoms with Crippen LogP contribution in [-0.2, 0) is 4.79 Å². The molecule has 3 amide bonds. The van der Waals surface area contributed by atoms with Crippen molar-refractivity contribution in [3.8, 4) is 0 Å². The fourth-order valence-electron chi connectivity index (χ4n) is 2.82. The summed E-state index contributed by atoms with van der Waals surface area (Å²) in [6.07, 6.45) is -0.881. The number of aliphatic hydroxyl groups is 1. The number of fused-ring (bicyclic) bond motifs is 1. The lowest BCUT2D eigenvalue weighted by atomic mass is 10.1. The molecule has 7 heteroatoms. The minimum atomic E-state index is -0.881. The van der Waals surface area contributed by atoms with Crippen LogP contribution in [0.5, 0.6) is 0 Å². The zero-order chi connectivity index (χ0) is 15.7. The summed E-state index contributed by atoms with van der Waals surface area (Å²) >= 11 is 0. The molecule has 116 valence electrons. The van der Waals surface area contributed by atoms with Crippen molar-refractivity contribution in [2.75, 3.05) is 32.7 Å². The van der Waals surface area contributed by atoms with E-state index in [-0.39, 0.29) is 37.4 Å². The van der Waals surface area contributed by atoms with Crippen LogP contribution in [0, 0.1) is 0 Å². The number of imide groups is 1. The third kappa shape index (κ3) is 2.72. The van der Waals surface area contributed by atoms with E-state index in [0.717, 1.165) is 4.90 Å². The van der Waals surface area contributed by atoms with Crippen molar-refractivity contribution in [2.24, 2.45) is 0 Å². The monoisotopic (exact) mass is 303 g/mol. The first-order chi connectivity index (χ1) is 10.6. The Balaban J connectivity index is 1.63. The van der Waals surface area contributed by atoms with Crippen LogP contribution < -0.4 is 5.32 Å². The van der Waals surface area contributed by atoms with Crippen LogP contribution in [0.2, 0.25) is 0 Å². The number of hydrogen-bond acceptors (Lipinski definition) is 5. The Morgan fingerprint density at radius 3 is 2.32 bits per heavy atom. The van der Waals surface area contributed by atoms with Gasteiger partial charge in [0.15, 0.2) is 0 Å². The highest BCUT2D eigenvalue weighted by atomic mass is 16.3. The molecular weight excluding hydrogens is 286 g/mol. The van der Waals surface area contributed by atoms with Crippen molar-refractivity contribution in [1.82, 2.24) is 15.1 Å². The van der Waals surface area contributed by atoms with Gasteiger partial charge in [-0.15, -0.1) is 0 Å². The van der Waals surface area contributed by atoms with E-state index in [2.05, 4.69) is 5.32 Å². The van der Waals surface area contributed by atoms with Gasteiger partial charge < -0.3 is 10.4 Å². The molecule has 1 fully saturated rings. The first-order valence-corrected chi connectivity index (χ1v) is 7.18. The number of carbonyl (C=O) groups is 3. The number of carbonyl (C=O) groups excluding carboxylic acids is 3. The molecule has 1 aromatic rings. The summed E-state index contributed by atoms with van der Waals surface area (Å²) in [5, 5.41) is 12.8. The van der Waals surface area contributed by atoms with E-state index >= 15 is 0 Å². The summed E-state index contributed by atoms with van der Waals surface area (Å²) in [6, 6.07) is 6.63. The summed E-state index contributed by atoms with van der Waals surface area (Å²) in [5.41, 5.74) is 0.745. The first kappa shape index (κ1) is 14.7. The van der Waals surface area contributed by atoms with Crippen molar-refractivity contribution >= 4 is 17.7 Å². The van der Waals surface area contributed by atoms with Crippen molar-refractivity contribution in [2.45, 2.75) is 6.10 Å². The van der Waals surface area contributed by atoms with E-state index in [4.69, 9.17) is 0 Å². The predicted octanol–water partition coefficient (Wildman–Crippen LogP) is -0.925. The topological polar surface area (TPSA) is 90.0 Å². The molecule has 1 aromatic carbocycles. The van der Waals surface area contributed by atoms with Crippen LogP contribution in [0.25, 0.3) is 0 Å². The quantitative estimate of drug-likeness (QED) is 0.702. The average Bonchev–Trinajstić information content (AvgIpc) is 2.73. The fourth-order valence-corrected chi connectivity index (χ4v) is 2.82. The Morgan fingerprint density at radius 2 is 1.73 bits per heavy atom. The average molecular weight is 303 g/mol. The molecule has 3 rings (SSSR count). The maximum absolute atomic E-state index is 12.2. The van der Waals surface area contributed by atoms with Gasteiger partial charge in [0.25, 0.3) is 11.8 Å². The van der Waals surface area contributed by atoms with Crippen LogP contribution in [0.15, 0.2) is 24.3 Å². The Morgan fingerprint density at radius 1 is 1.09 bits per heavy atom.